The van der Waals surface area contributed by atoms with Crippen LogP contribution >= 0.6 is 0 Å². The van der Waals surface area contributed by atoms with Gasteiger partial charge in [-0.2, -0.15) is 0 Å². The van der Waals surface area contributed by atoms with Crippen LogP contribution in [0.25, 0.3) is 0 Å². The first-order valence-electron chi connectivity index (χ1n) is 23.1. The number of esters is 1. The average molecular weight is 804 g/mol. The van der Waals surface area contributed by atoms with Gasteiger partial charge in [-0.3, -0.25) is 9.59 Å². The van der Waals surface area contributed by atoms with Crippen molar-refractivity contribution in [3.8, 4) is 0 Å². The standard InChI is InChI=1S/C52H85NO5/c1-4-7-10-13-16-19-21-23-25-26-28-30-33-36-39-42-45-52(57)58-48(43-40-37-34-32-29-27-24-22-20-17-14-11-8-5-2)46-51(56)53-49(47-54)50(55)44-41-38-35-31-18-15-12-9-6-3/h7-8,10-11,16-17,19-20,23-25,27-28,30,32,34,40,43,48-50,54-55H,4-6,9,12-15,18,21-22,26,29,31,33,35-39,41-42,44-47H2,1-3H3,(H,53,56)/b10-7+,11-8+,19-16+,20-17+,25-23+,27-24+,30-28+,34-32+,43-40+. The highest BCUT2D eigenvalue weighted by atomic mass is 16.5. The maximum atomic E-state index is 13.1. The lowest BCUT2D eigenvalue weighted by Crippen LogP contribution is -2.46. The van der Waals surface area contributed by atoms with Gasteiger partial charge in [0.25, 0.3) is 0 Å². The Bertz CT molecular complexity index is 1220. The van der Waals surface area contributed by atoms with Gasteiger partial charge in [-0.1, -0.05) is 188 Å². The molecule has 0 bridgehead atoms. The third kappa shape index (κ3) is 39.4. The summed E-state index contributed by atoms with van der Waals surface area (Å²) in [5.74, 6) is -0.680. The molecule has 0 aliphatic heterocycles. The summed E-state index contributed by atoms with van der Waals surface area (Å²) in [6.07, 6.45) is 60.4. The lowest BCUT2D eigenvalue weighted by atomic mass is 10.0. The van der Waals surface area contributed by atoms with Crippen LogP contribution in [0.2, 0.25) is 0 Å². The summed E-state index contributed by atoms with van der Waals surface area (Å²) in [7, 11) is 0. The van der Waals surface area contributed by atoms with Crippen molar-refractivity contribution in [2.24, 2.45) is 0 Å². The van der Waals surface area contributed by atoms with Gasteiger partial charge >= 0.3 is 5.97 Å². The van der Waals surface area contributed by atoms with Gasteiger partial charge in [0, 0.05) is 6.42 Å². The molecule has 0 rings (SSSR count). The Morgan fingerprint density at radius 1 is 0.534 bits per heavy atom. The molecule has 0 heterocycles. The topological polar surface area (TPSA) is 95.9 Å². The number of amides is 1. The molecule has 0 fully saturated rings. The molecule has 0 spiro atoms. The first-order chi connectivity index (χ1) is 28.5. The maximum Gasteiger partial charge on any atom is 0.306 e. The van der Waals surface area contributed by atoms with E-state index in [4.69, 9.17) is 4.74 Å². The summed E-state index contributed by atoms with van der Waals surface area (Å²) < 4.78 is 5.78. The van der Waals surface area contributed by atoms with Gasteiger partial charge in [0.15, 0.2) is 0 Å². The van der Waals surface area contributed by atoms with E-state index in [0.29, 0.717) is 19.3 Å². The van der Waals surface area contributed by atoms with Crippen LogP contribution in [0.4, 0.5) is 0 Å². The van der Waals surface area contributed by atoms with E-state index in [0.717, 1.165) is 96.3 Å². The van der Waals surface area contributed by atoms with Gasteiger partial charge in [0.2, 0.25) is 5.91 Å². The van der Waals surface area contributed by atoms with Crippen molar-refractivity contribution in [2.75, 3.05) is 6.61 Å². The van der Waals surface area contributed by atoms with Crippen LogP contribution in [0.5, 0.6) is 0 Å². The molecular formula is C52H85NO5. The Balaban J connectivity index is 4.85. The van der Waals surface area contributed by atoms with Crippen LogP contribution in [-0.2, 0) is 14.3 Å². The number of aliphatic hydroxyl groups is 2. The minimum Gasteiger partial charge on any atom is -0.458 e. The number of carbonyl (C=O) groups is 2. The number of hydrogen-bond donors (Lipinski definition) is 3. The highest BCUT2D eigenvalue weighted by Gasteiger charge is 2.23. The van der Waals surface area contributed by atoms with Crippen LogP contribution in [0, 0.1) is 0 Å². The highest BCUT2D eigenvalue weighted by molar-refractivity contribution is 5.78. The lowest BCUT2D eigenvalue weighted by molar-refractivity contribution is -0.148. The molecule has 0 radical (unpaired) electrons. The quantitative estimate of drug-likeness (QED) is 0.0327. The molecule has 0 aromatic rings. The minimum absolute atomic E-state index is 0.0659. The van der Waals surface area contributed by atoms with E-state index in [1.165, 1.54) is 38.5 Å². The van der Waals surface area contributed by atoms with Crippen LogP contribution in [0.1, 0.15) is 181 Å². The van der Waals surface area contributed by atoms with Crippen molar-refractivity contribution in [1.29, 1.82) is 0 Å². The van der Waals surface area contributed by atoms with Gasteiger partial charge in [0.05, 0.1) is 25.2 Å². The van der Waals surface area contributed by atoms with Crippen LogP contribution in [0.15, 0.2) is 109 Å². The van der Waals surface area contributed by atoms with Gasteiger partial charge in [-0.25, -0.2) is 0 Å². The highest BCUT2D eigenvalue weighted by Crippen LogP contribution is 2.14. The van der Waals surface area contributed by atoms with E-state index in [2.05, 4.69) is 123 Å². The van der Waals surface area contributed by atoms with E-state index in [9.17, 15) is 19.8 Å². The molecule has 0 aromatic carbocycles. The van der Waals surface area contributed by atoms with Crippen LogP contribution in [-0.4, -0.2) is 46.9 Å². The molecule has 6 heteroatoms. The number of rotatable bonds is 39. The number of carbonyl (C=O) groups excluding carboxylic acids is 2. The first kappa shape index (κ1) is 54.5. The van der Waals surface area contributed by atoms with E-state index in [1.807, 2.05) is 6.08 Å². The molecule has 0 aromatic heterocycles. The second-order valence-electron chi connectivity index (χ2n) is 15.0. The average Bonchev–Trinajstić information content (AvgIpc) is 3.22. The zero-order chi connectivity index (χ0) is 42.4. The zero-order valence-corrected chi connectivity index (χ0v) is 37.1. The van der Waals surface area contributed by atoms with Gasteiger partial charge in [-0.05, 0) is 89.5 Å². The van der Waals surface area contributed by atoms with Crippen molar-refractivity contribution in [2.45, 2.75) is 200 Å². The van der Waals surface area contributed by atoms with Crippen molar-refractivity contribution >= 4 is 11.9 Å². The van der Waals surface area contributed by atoms with Crippen molar-refractivity contribution < 1.29 is 24.5 Å². The summed E-state index contributed by atoms with van der Waals surface area (Å²) in [6, 6.07) is -0.753. The third-order valence-electron chi connectivity index (χ3n) is 9.59. The predicted molar refractivity (Wildman–Crippen MR) is 250 cm³/mol. The Morgan fingerprint density at radius 3 is 1.45 bits per heavy atom. The fraction of sp³-hybridized carbons (Fsp3) is 0.615. The summed E-state index contributed by atoms with van der Waals surface area (Å²) in [6.45, 7) is 6.16. The van der Waals surface area contributed by atoms with E-state index in [-0.39, 0.29) is 24.9 Å². The number of hydrogen-bond acceptors (Lipinski definition) is 5. The summed E-state index contributed by atoms with van der Waals surface area (Å²) in [5, 5.41) is 23.5. The molecule has 0 aliphatic carbocycles. The molecule has 0 saturated carbocycles. The predicted octanol–water partition coefficient (Wildman–Crippen LogP) is 13.6. The molecule has 3 N–H and O–H groups in total. The smallest absolute Gasteiger partial charge is 0.306 e. The maximum absolute atomic E-state index is 13.1. The largest absolute Gasteiger partial charge is 0.458 e. The molecule has 6 nitrogen and oxygen atoms in total. The summed E-state index contributed by atoms with van der Waals surface area (Å²) >= 11 is 0. The fourth-order valence-corrected chi connectivity index (χ4v) is 6.14. The van der Waals surface area contributed by atoms with E-state index in [1.54, 1.807) is 6.08 Å². The van der Waals surface area contributed by atoms with Gasteiger partial charge < -0.3 is 20.3 Å². The number of allylic oxidation sites excluding steroid dienone is 17. The third-order valence-corrected chi connectivity index (χ3v) is 9.59. The van der Waals surface area contributed by atoms with Gasteiger partial charge in [-0.15, -0.1) is 0 Å². The molecule has 0 aliphatic rings. The number of nitrogens with one attached hydrogen (secondary N) is 1. The number of unbranched alkanes of at least 4 members (excludes halogenated alkanes) is 11. The Labute approximate surface area is 356 Å². The van der Waals surface area contributed by atoms with E-state index < -0.39 is 18.2 Å². The number of ether oxygens (including phenoxy) is 1. The number of aliphatic hydroxyl groups excluding tert-OH is 2. The van der Waals surface area contributed by atoms with Gasteiger partial charge in [0.1, 0.15) is 6.10 Å². The molecule has 1 amide bonds. The Kier molecular flexibility index (Phi) is 41.9. The minimum atomic E-state index is -0.829. The summed E-state index contributed by atoms with van der Waals surface area (Å²) in [5.41, 5.74) is 0. The molecule has 58 heavy (non-hydrogen) atoms. The van der Waals surface area contributed by atoms with E-state index >= 15 is 0 Å². The second-order valence-corrected chi connectivity index (χ2v) is 15.0. The lowest BCUT2D eigenvalue weighted by Gasteiger charge is -2.23. The monoisotopic (exact) mass is 804 g/mol. The molecular weight excluding hydrogens is 719 g/mol. The fourth-order valence-electron chi connectivity index (χ4n) is 6.14. The Hall–Kier alpha value is -3.48. The molecule has 3 unspecified atom stereocenters. The first-order valence-corrected chi connectivity index (χ1v) is 23.1. The normalized spacial score (nSPS) is 14.4. The van der Waals surface area contributed by atoms with Crippen molar-refractivity contribution in [3.05, 3.63) is 109 Å². The molecule has 0 saturated heterocycles. The molecule has 3 atom stereocenters. The van der Waals surface area contributed by atoms with Crippen molar-refractivity contribution in [3.63, 3.8) is 0 Å². The zero-order valence-electron chi connectivity index (χ0n) is 37.1. The molecule has 328 valence electrons. The Morgan fingerprint density at radius 2 is 0.966 bits per heavy atom. The van der Waals surface area contributed by atoms with Crippen LogP contribution < -0.4 is 5.32 Å². The van der Waals surface area contributed by atoms with Crippen molar-refractivity contribution in [1.82, 2.24) is 5.32 Å². The second kappa shape index (κ2) is 44.6. The SMILES string of the molecule is CC/C=C/C/C=C/C/C=C/C/C=C/C/C=C/C(CC(=O)NC(CO)C(O)CCCCCCCCCCC)OC(=O)CCCCC/C=C/C/C=C/C/C=C/C/C=C/CC. The summed E-state index contributed by atoms with van der Waals surface area (Å²) in [4.78, 5) is 25.9. The van der Waals surface area contributed by atoms with Crippen LogP contribution in [0.3, 0.4) is 0 Å².